The number of alkyl halides is 6. The summed E-state index contributed by atoms with van der Waals surface area (Å²) in [4.78, 5) is 3.38. The fraction of sp³-hybridized carbons (Fsp3) is 0.636. The van der Waals surface area contributed by atoms with Gasteiger partial charge in [-0.25, -0.2) is 0 Å². The summed E-state index contributed by atoms with van der Waals surface area (Å²) in [6.45, 7) is 3.82. The Morgan fingerprint density at radius 3 is 1.08 bits per heavy atom. The average Bonchev–Trinajstić information content (AvgIpc) is 3.83. The molecule has 268 valence electrons. The van der Waals surface area contributed by atoms with Gasteiger partial charge in [-0.05, 0) is 35.4 Å². The summed E-state index contributed by atoms with van der Waals surface area (Å²) in [5.41, 5.74) is -6.24. The van der Waals surface area contributed by atoms with E-state index in [1.807, 2.05) is 0 Å². The minimum atomic E-state index is -5.82. The number of rotatable bonds is 18. The third kappa shape index (κ3) is 7.54. The lowest BCUT2D eigenvalue weighted by molar-refractivity contribution is -0.288. The monoisotopic (exact) mass is 702 g/mol. The lowest BCUT2D eigenvalue weighted by Gasteiger charge is -2.40. The molecule has 49 heavy (non-hydrogen) atoms. The molecule has 6 aliphatic rings. The molecule has 0 amide bonds. The second-order valence-electron chi connectivity index (χ2n) is 13.3. The lowest BCUT2D eigenvalue weighted by atomic mass is 9.72. The predicted octanol–water partition coefficient (Wildman–Crippen LogP) is 3.86. The normalized spacial score (nSPS) is 28.1. The van der Waals surface area contributed by atoms with Crippen LogP contribution in [-0.4, -0.2) is 128 Å². The van der Waals surface area contributed by atoms with Gasteiger partial charge < -0.3 is 47.7 Å². The number of halogens is 6. The number of nitrogens with zero attached hydrogens (tertiary/aromatic N) is 2. The highest BCUT2D eigenvalue weighted by atomic mass is 19.4. The van der Waals surface area contributed by atoms with E-state index in [2.05, 4.69) is 0 Å². The molecule has 6 unspecified atom stereocenters. The Hall–Kier alpha value is -3.02. The highest BCUT2D eigenvalue weighted by Gasteiger charge is 2.72. The Kier molecular flexibility index (Phi) is 8.55. The molecule has 0 aromatic heterocycles. The first-order chi connectivity index (χ1) is 23.5. The van der Waals surface area contributed by atoms with Crippen molar-refractivity contribution in [2.24, 2.45) is 0 Å². The zero-order valence-corrected chi connectivity index (χ0v) is 26.3. The quantitative estimate of drug-likeness (QED) is 0.168. The largest absolute Gasteiger partial charge is 0.489 e. The molecule has 6 aliphatic heterocycles. The van der Waals surface area contributed by atoms with Crippen LogP contribution in [0.2, 0.25) is 0 Å². The van der Waals surface area contributed by atoms with Crippen LogP contribution in [0.5, 0.6) is 11.5 Å². The number of epoxide rings is 6. The van der Waals surface area contributed by atoms with Gasteiger partial charge in [0.15, 0.2) is 0 Å². The van der Waals surface area contributed by atoms with Gasteiger partial charge in [0, 0.05) is 26.2 Å². The van der Waals surface area contributed by atoms with Gasteiger partial charge >= 0.3 is 12.4 Å². The second-order valence-corrected chi connectivity index (χ2v) is 13.3. The summed E-state index contributed by atoms with van der Waals surface area (Å²) in [7, 11) is 0. The molecule has 6 atom stereocenters. The number of anilines is 2. The maximum absolute atomic E-state index is 15.6. The standard InChI is InChI=1S/C33H36F6N2O8/c34-32(35,36)31(33(37,38)39,19-1-3-29(48-17-25-15-46-25)27(5-19)40(7-21-11-42-21)8-22-12-43-22)20-2-4-30(49-18-26-16-47-26)28(6-20)41(9-23-13-44-23)10-24-14-45-24/h1-6,21-26H,7-18H2. The van der Waals surface area contributed by atoms with Crippen LogP contribution >= 0.6 is 0 Å². The third-order valence-corrected chi connectivity index (χ3v) is 9.28. The van der Waals surface area contributed by atoms with E-state index in [0.717, 1.165) is 24.3 Å². The number of benzene rings is 2. The van der Waals surface area contributed by atoms with Crippen LogP contribution in [0.4, 0.5) is 37.7 Å². The van der Waals surface area contributed by atoms with Crippen molar-refractivity contribution in [3.05, 3.63) is 47.5 Å². The van der Waals surface area contributed by atoms with E-state index in [0.29, 0.717) is 39.6 Å². The highest BCUT2D eigenvalue weighted by Crippen LogP contribution is 2.58. The SMILES string of the molecule is FC(F)(F)C(c1ccc(OCC2CO2)c(N(CC2CO2)CC2CO2)c1)(c1ccc(OCC2CO2)c(N(CC2CO2)CC2CO2)c1)C(F)(F)F. The Labute approximate surface area is 278 Å². The molecule has 8 rings (SSSR count). The van der Waals surface area contributed by atoms with E-state index in [1.54, 1.807) is 9.80 Å². The lowest BCUT2D eigenvalue weighted by Crippen LogP contribution is -2.55. The van der Waals surface area contributed by atoms with Gasteiger partial charge in [-0.1, -0.05) is 12.1 Å². The van der Waals surface area contributed by atoms with E-state index in [9.17, 15) is 0 Å². The smallest absolute Gasteiger partial charge is 0.411 e. The molecular formula is C33H36F6N2O8. The Morgan fingerprint density at radius 2 is 0.816 bits per heavy atom. The van der Waals surface area contributed by atoms with E-state index < -0.39 is 28.9 Å². The minimum Gasteiger partial charge on any atom is -0.489 e. The zero-order valence-electron chi connectivity index (χ0n) is 26.3. The molecule has 0 aliphatic carbocycles. The van der Waals surface area contributed by atoms with Crippen molar-refractivity contribution >= 4 is 11.4 Å². The van der Waals surface area contributed by atoms with Crippen molar-refractivity contribution in [3.63, 3.8) is 0 Å². The van der Waals surface area contributed by atoms with Crippen LogP contribution in [0.3, 0.4) is 0 Å². The van der Waals surface area contributed by atoms with Crippen molar-refractivity contribution in [3.8, 4) is 11.5 Å². The molecule has 0 N–H and O–H groups in total. The summed E-state index contributed by atoms with van der Waals surface area (Å²) in [6.07, 6.45) is -12.9. The Morgan fingerprint density at radius 1 is 0.510 bits per heavy atom. The van der Waals surface area contributed by atoms with Crippen molar-refractivity contribution < 1.29 is 64.2 Å². The molecule has 0 saturated carbocycles. The zero-order chi connectivity index (χ0) is 34.0. The first-order valence-electron chi connectivity index (χ1n) is 16.4. The van der Waals surface area contributed by atoms with Gasteiger partial charge in [0.25, 0.3) is 0 Å². The number of hydrogen-bond donors (Lipinski definition) is 0. The first-order valence-corrected chi connectivity index (χ1v) is 16.4. The van der Waals surface area contributed by atoms with Gasteiger partial charge in [0.2, 0.25) is 5.41 Å². The molecule has 10 nitrogen and oxygen atoms in total. The first kappa shape index (κ1) is 33.1. The highest BCUT2D eigenvalue weighted by molar-refractivity contribution is 5.66. The van der Waals surface area contributed by atoms with Crippen LogP contribution in [0.15, 0.2) is 36.4 Å². The average molecular weight is 703 g/mol. The third-order valence-electron chi connectivity index (χ3n) is 9.28. The van der Waals surface area contributed by atoms with E-state index >= 15 is 26.3 Å². The Bertz CT molecular complexity index is 1360. The van der Waals surface area contributed by atoms with Crippen LogP contribution in [0.25, 0.3) is 0 Å². The van der Waals surface area contributed by atoms with E-state index in [-0.39, 0.29) is 98.9 Å². The van der Waals surface area contributed by atoms with Gasteiger partial charge in [-0.3, -0.25) is 0 Å². The molecule has 0 radical (unpaired) electrons. The summed E-state index contributed by atoms with van der Waals surface area (Å²) in [5.74, 6) is 0.288. The molecule has 6 saturated heterocycles. The van der Waals surface area contributed by atoms with Gasteiger partial charge in [-0.2, -0.15) is 26.3 Å². The van der Waals surface area contributed by atoms with Crippen LogP contribution in [0.1, 0.15) is 11.1 Å². The molecule has 2 aromatic rings. The van der Waals surface area contributed by atoms with Crippen molar-refractivity contribution in [1.82, 2.24) is 0 Å². The Balaban J connectivity index is 1.25. The van der Waals surface area contributed by atoms with E-state index in [1.165, 1.54) is 12.1 Å². The van der Waals surface area contributed by atoms with Crippen LogP contribution in [-0.2, 0) is 33.8 Å². The van der Waals surface area contributed by atoms with Crippen molar-refractivity contribution in [2.75, 3.05) is 88.8 Å². The fourth-order valence-electron chi connectivity index (χ4n) is 6.14. The minimum absolute atomic E-state index is 0.0880. The summed E-state index contributed by atoms with van der Waals surface area (Å²) in [5, 5.41) is 0. The predicted molar refractivity (Wildman–Crippen MR) is 160 cm³/mol. The summed E-state index contributed by atoms with van der Waals surface area (Å²) >= 11 is 0. The van der Waals surface area contributed by atoms with Crippen molar-refractivity contribution in [2.45, 2.75) is 54.4 Å². The fourth-order valence-corrected chi connectivity index (χ4v) is 6.14. The second kappa shape index (κ2) is 12.6. The molecule has 0 spiro atoms. The van der Waals surface area contributed by atoms with Gasteiger partial charge in [0.05, 0.1) is 75.4 Å². The summed E-state index contributed by atoms with van der Waals surface area (Å²) < 4.78 is 137. The maximum atomic E-state index is 15.6. The summed E-state index contributed by atoms with van der Waals surface area (Å²) in [6, 6.07) is 5.99. The van der Waals surface area contributed by atoms with Gasteiger partial charge in [-0.15, -0.1) is 0 Å². The topological polar surface area (TPSA) is 100 Å². The molecule has 16 heteroatoms. The van der Waals surface area contributed by atoms with Crippen LogP contribution < -0.4 is 19.3 Å². The molecule has 0 bridgehead atoms. The molecular weight excluding hydrogens is 666 g/mol. The van der Waals surface area contributed by atoms with Crippen LogP contribution in [0, 0.1) is 0 Å². The van der Waals surface area contributed by atoms with Gasteiger partial charge in [0.1, 0.15) is 36.9 Å². The van der Waals surface area contributed by atoms with Crippen molar-refractivity contribution in [1.29, 1.82) is 0 Å². The molecule has 6 heterocycles. The molecule has 2 aromatic carbocycles. The number of hydrogen-bond acceptors (Lipinski definition) is 10. The maximum Gasteiger partial charge on any atom is 0.411 e. The molecule has 6 fully saturated rings. The number of ether oxygens (including phenoxy) is 8. The van der Waals surface area contributed by atoms with E-state index in [4.69, 9.17) is 37.9 Å².